The number of rotatable bonds is 5. The summed E-state index contributed by atoms with van der Waals surface area (Å²) >= 11 is 0. The second-order valence-electron chi connectivity index (χ2n) is 4.59. The van der Waals surface area contributed by atoms with E-state index in [1.165, 1.54) is 0 Å². The number of hydroxylamine groups is 1. The zero-order chi connectivity index (χ0) is 15.1. The Hall–Kier alpha value is -2.61. The molecule has 21 heavy (non-hydrogen) atoms. The largest absolute Gasteiger partial charge is 0.457 e. The number of benzene rings is 2. The van der Waals surface area contributed by atoms with E-state index in [4.69, 9.17) is 15.2 Å². The summed E-state index contributed by atoms with van der Waals surface area (Å²) in [5.41, 5.74) is 3.73. The molecule has 106 valence electrons. The Morgan fingerprint density at radius 1 is 1.19 bits per heavy atom. The molecule has 0 amide bonds. The zero-order valence-electron chi connectivity index (χ0n) is 11.7. The predicted octanol–water partition coefficient (Wildman–Crippen LogP) is 3.73. The van der Waals surface area contributed by atoms with Gasteiger partial charge in [-0.15, -0.1) is 0 Å². The van der Waals surface area contributed by atoms with E-state index in [-0.39, 0.29) is 6.04 Å². The molecule has 1 atom stereocenters. The van der Waals surface area contributed by atoms with Gasteiger partial charge in [0.05, 0.1) is 11.6 Å². The number of nitriles is 1. The highest BCUT2D eigenvalue weighted by atomic mass is 16.5. The summed E-state index contributed by atoms with van der Waals surface area (Å²) < 4.78 is 5.74. The van der Waals surface area contributed by atoms with Crippen molar-refractivity contribution in [2.75, 3.05) is 0 Å². The van der Waals surface area contributed by atoms with Crippen LogP contribution in [0.25, 0.3) is 6.08 Å². The van der Waals surface area contributed by atoms with Gasteiger partial charge in [0.1, 0.15) is 11.5 Å². The summed E-state index contributed by atoms with van der Waals surface area (Å²) in [6.45, 7) is 1.84. The topological polar surface area (TPSA) is 65.3 Å². The van der Waals surface area contributed by atoms with E-state index >= 15 is 0 Å². The minimum absolute atomic E-state index is 0.117. The average Bonchev–Trinajstić information content (AvgIpc) is 2.53. The molecule has 0 unspecified atom stereocenters. The Labute approximate surface area is 123 Å². The molecule has 0 aliphatic heterocycles. The van der Waals surface area contributed by atoms with Gasteiger partial charge in [0, 0.05) is 6.04 Å². The molecule has 2 N–H and O–H groups in total. The number of ether oxygens (including phenoxy) is 1. The highest BCUT2D eigenvalue weighted by molar-refractivity contribution is 5.52. The molecule has 2 rings (SSSR count). The molecule has 0 bridgehead atoms. The van der Waals surface area contributed by atoms with Crippen molar-refractivity contribution < 1.29 is 9.94 Å². The predicted molar refractivity (Wildman–Crippen MR) is 81.1 cm³/mol. The minimum Gasteiger partial charge on any atom is -0.457 e. The van der Waals surface area contributed by atoms with Crippen LogP contribution in [0.1, 0.15) is 18.1 Å². The van der Waals surface area contributed by atoms with Gasteiger partial charge in [0.2, 0.25) is 0 Å². The lowest BCUT2D eigenvalue weighted by atomic mass is 10.1. The fourth-order valence-electron chi connectivity index (χ4n) is 1.71. The number of hydrogen-bond donors (Lipinski definition) is 2. The Bertz CT molecular complexity index is 657. The van der Waals surface area contributed by atoms with Gasteiger partial charge in [-0.05, 0) is 48.9 Å². The van der Waals surface area contributed by atoms with E-state index in [2.05, 4.69) is 11.5 Å². The Kier molecular flexibility index (Phi) is 5.10. The molecule has 0 saturated heterocycles. The maximum atomic E-state index is 8.76. The van der Waals surface area contributed by atoms with E-state index in [0.717, 1.165) is 5.56 Å². The van der Waals surface area contributed by atoms with E-state index in [0.29, 0.717) is 17.1 Å². The van der Waals surface area contributed by atoms with Crippen molar-refractivity contribution in [2.24, 2.45) is 0 Å². The molecule has 0 aliphatic rings. The molecule has 0 spiro atoms. The smallest absolute Gasteiger partial charge is 0.128 e. The molecule has 0 aromatic heterocycles. The van der Waals surface area contributed by atoms with Crippen molar-refractivity contribution in [3.63, 3.8) is 0 Å². The first-order chi connectivity index (χ1) is 10.2. The molecule has 4 heteroatoms. The SMILES string of the molecule is C[C@H](/C=C/c1cccc(Oc2ccc(C#N)cc2)c1)NO. The van der Waals surface area contributed by atoms with Crippen LogP contribution >= 0.6 is 0 Å². The molecule has 0 saturated carbocycles. The van der Waals surface area contributed by atoms with Gasteiger partial charge in [-0.3, -0.25) is 0 Å². The fraction of sp³-hybridized carbons (Fsp3) is 0.118. The maximum absolute atomic E-state index is 8.76. The van der Waals surface area contributed by atoms with Crippen LogP contribution in [0.15, 0.2) is 54.6 Å². The molecule has 2 aromatic rings. The number of nitrogens with one attached hydrogen (secondary N) is 1. The van der Waals surface area contributed by atoms with Crippen molar-refractivity contribution in [1.82, 2.24) is 5.48 Å². The highest BCUT2D eigenvalue weighted by Gasteiger charge is 1.99. The van der Waals surface area contributed by atoms with Gasteiger partial charge < -0.3 is 9.94 Å². The normalized spacial score (nSPS) is 12.0. The van der Waals surface area contributed by atoms with Crippen LogP contribution in [-0.4, -0.2) is 11.2 Å². The van der Waals surface area contributed by atoms with Crippen LogP contribution in [0.3, 0.4) is 0 Å². The Morgan fingerprint density at radius 3 is 2.62 bits per heavy atom. The third-order valence-corrected chi connectivity index (χ3v) is 2.86. The molecular weight excluding hydrogens is 264 g/mol. The lowest BCUT2D eigenvalue weighted by Crippen LogP contribution is -2.18. The van der Waals surface area contributed by atoms with Gasteiger partial charge in [-0.2, -0.15) is 10.7 Å². The van der Waals surface area contributed by atoms with Crippen LogP contribution in [0.5, 0.6) is 11.5 Å². The van der Waals surface area contributed by atoms with Crippen LogP contribution in [0.4, 0.5) is 0 Å². The van der Waals surface area contributed by atoms with Crippen LogP contribution in [-0.2, 0) is 0 Å². The first kappa shape index (κ1) is 14.8. The van der Waals surface area contributed by atoms with E-state index in [1.807, 2.05) is 43.3 Å². The highest BCUT2D eigenvalue weighted by Crippen LogP contribution is 2.23. The molecular formula is C17H16N2O2. The van der Waals surface area contributed by atoms with Gasteiger partial charge in [0.25, 0.3) is 0 Å². The Morgan fingerprint density at radius 2 is 1.95 bits per heavy atom. The average molecular weight is 280 g/mol. The lowest BCUT2D eigenvalue weighted by Gasteiger charge is -2.07. The second kappa shape index (κ2) is 7.25. The van der Waals surface area contributed by atoms with E-state index < -0.39 is 0 Å². The van der Waals surface area contributed by atoms with Crippen LogP contribution < -0.4 is 10.2 Å². The molecule has 0 heterocycles. The molecule has 0 fully saturated rings. The summed E-state index contributed by atoms with van der Waals surface area (Å²) in [7, 11) is 0. The van der Waals surface area contributed by atoms with Crippen molar-refractivity contribution in [1.29, 1.82) is 5.26 Å². The van der Waals surface area contributed by atoms with E-state index in [9.17, 15) is 0 Å². The standard InChI is InChI=1S/C17H16N2O2/c1-13(19-20)5-6-14-3-2-4-17(11-14)21-16-9-7-15(12-18)8-10-16/h2-11,13,19-20H,1H3/b6-5+/t13-/m1/s1. The van der Waals surface area contributed by atoms with Gasteiger partial charge in [-0.1, -0.05) is 24.3 Å². The minimum atomic E-state index is -0.117. The van der Waals surface area contributed by atoms with Gasteiger partial charge in [0.15, 0.2) is 0 Å². The Balaban J connectivity index is 2.10. The van der Waals surface area contributed by atoms with Crippen molar-refractivity contribution >= 4 is 6.08 Å². The van der Waals surface area contributed by atoms with Gasteiger partial charge in [-0.25, -0.2) is 0 Å². The molecule has 2 aromatic carbocycles. The summed E-state index contributed by atoms with van der Waals surface area (Å²) in [6.07, 6.45) is 3.75. The maximum Gasteiger partial charge on any atom is 0.128 e. The zero-order valence-corrected chi connectivity index (χ0v) is 11.7. The van der Waals surface area contributed by atoms with Crippen LogP contribution in [0.2, 0.25) is 0 Å². The van der Waals surface area contributed by atoms with Crippen molar-refractivity contribution in [3.8, 4) is 17.6 Å². The van der Waals surface area contributed by atoms with Crippen molar-refractivity contribution in [2.45, 2.75) is 13.0 Å². The summed E-state index contributed by atoms with van der Waals surface area (Å²) in [5.74, 6) is 1.40. The summed E-state index contributed by atoms with van der Waals surface area (Å²) in [6, 6.07) is 16.5. The third kappa shape index (κ3) is 4.46. The third-order valence-electron chi connectivity index (χ3n) is 2.86. The van der Waals surface area contributed by atoms with E-state index in [1.54, 1.807) is 24.3 Å². The quantitative estimate of drug-likeness (QED) is 0.819. The molecule has 0 aliphatic carbocycles. The lowest BCUT2D eigenvalue weighted by molar-refractivity contribution is 0.150. The first-order valence-corrected chi connectivity index (χ1v) is 6.57. The number of hydrogen-bond acceptors (Lipinski definition) is 4. The summed E-state index contributed by atoms with van der Waals surface area (Å²) in [5, 5.41) is 17.5. The van der Waals surface area contributed by atoms with Gasteiger partial charge >= 0.3 is 0 Å². The van der Waals surface area contributed by atoms with Crippen LogP contribution in [0, 0.1) is 11.3 Å². The second-order valence-corrected chi connectivity index (χ2v) is 4.59. The first-order valence-electron chi connectivity index (χ1n) is 6.57. The molecule has 4 nitrogen and oxygen atoms in total. The summed E-state index contributed by atoms with van der Waals surface area (Å²) in [4.78, 5) is 0. The molecule has 0 radical (unpaired) electrons. The monoisotopic (exact) mass is 280 g/mol. The fourth-order valence-corrected chi connectivity index (χ4v) is 1.71. The van der Waals surface area contributed by atoms with Crippen molar-refractivity contribution in [3.05, 3.63) is 65.7 Å². The number of nitrogens with zero attached hydrogens (tertiary/aromatic N) is 1.